The van der Waals surface area contributed by atoms with Crippen molar-refractivity contribution in [2.75, 3.05) is 27.3 Å². The number of esters is 2. The molecular weight excluding hydrogens is 451 g/mol. The Morgan fingerprint density at radius 2 is 1.44 bits per heavy atom. The van der Waals surface area contributed by atoms with E-state index in [-0.39, 0.29) is 25.9 Å². The average Bonchev–Trinajstić information content (AvgIpc) is 2.88. The third-order valence-electron chi connectivity index (χ3n) is 5.35. The highest BCUT2D eigenvalue weighted by Gasteiger charge is 2.48. The average molecular weight is 484 g/mol. The molecule has 0 saturated heterocycles. The number of methoxy groups -OCH3 is 2. The van der Waals surface area contributed by atoms with Gasteiger partial charge in [-0.25, -0.2) is 4.67 Å². The van der Waals surface area contributed by atoms with Crippen molar-refractivity contribution in [2.24, 2.45) is 0 Å². The zero-order chi connectivity index (χ0) is 25.0. The van der Waals surface area contributed by atoms with Crippen LogP contribution in [-0.4, -0.2) is 55.6 Å². The van der Waals surface area contributed by atoms with E-state index in [1.54, 1.807) is 0 Å². The third kappa shape index (κ3) is 7.00. The van der Waals surface area contributed by atoms with Gasteiger partial charge in [-0.3, -0.25) is 14.2 Å². The molecule has 0 aliphatic rings. The van der Waals surface area contributed by atoms with Gasteiger partial charge in [-0.15, -0.1) is 13.2 Å². The molecule has 34 heavy (non-hydrogen) atoms. The van der Waals surface area contributed by atoms with Gasteiger partial charge < -0.3 is 9.47 Å². The second-order valence-electron chi connectivity index (χ2n) is 7.57. The number of carbonyl (C=O) groups excluding carboxylic acids is 2. The molecule has 1 unspecified atom stereocenters. The molecule has 0 fully saturated rings. The normalized spacial score (nSPS) is 14.4. The van der Waals surface area contributed by atoms with E-state index < -0.39 is 31.1 Å². The van der Waals surface area contributed by atoms with Gasteiger partial charge in [0.1, 0.15) is 11.7 Å². The maximum Gasteiger partial charge on any atom is 0.323 e. The molecule has 7 nitrogen and oxygen atoms in total. The lowest BCUT2D eigenvalue weighted by atomic mass is 10.1. The van der Waals surface area contributed by atoms with Crippen molar-refractivity contribution in [3.8, 4) is 0 Å². The first-order valence-electron chi connectivity index (χ1n) is 10.9. The van der Waals surface area contributed by atoms with Crippen molar-refractivity contribution in [3.63, 3.8) is 0 Å². The molecule has 8 heteroatoms. The van der Waals surface area contributed by atoms with E-state index in [1.807, 2.05) is 60.7 Å². The Hall–Kier alpha value is -2.99. The maximum atomic E-state index is 14.8. The number of rotatable bonds is 14. The van der Waals surface area contributed by atoms with Gasteiger partial charge in [-0.2, -0.15) is 5.09 Å². The second kappa shape index (κ2) is 13.7. The molecule has 2 aromatic carbocycles. The highest BCUT2D eigenvalue weighted by Crippen LogP contribution is 2.55. The highest BCUT2D eigenvalue weighted by atomic mass is 31.2. The first-order valence-corrected chi connectivity index (χ1v) is 12.6. The second-order valence-corrected chi connectivity index (χ2v) is 10.2. The van der Waals surface area contributed by atoms with Crippen molar-refractivity contribution in [3.05, 3.63) is 97.1 Å². The number of carbonyl (C=O) groups is 2. The third-order valence-corrected chi connectivity index (χ3v) is 8.31. The Morgan fingerprint density at radius 1 is 0.912 bits per heavy atom. The van der Waals surface area contributed by atoms with E-state index in [2.05, 4.69) is 18.2 Å². The van der Waals surface area contributed by atoms with Crippen LogP contribution < -0.4 is 5.09 Å². The molecular formula is C26H32N2O5P. The van der Waals surface area contributed by atoms with E-state index in [1.165, 1.54) is 31.0 Å². The van der Waals surface area contributed by atoms with E-state index in [0.717, 1.165) is 11.1 Å². The fourth-order valence-electron chi connectivity index (χ4n) is 3.71. The molecule has 0 aliphatic heterocycles. The molecule has 0 bridgehead atoms. The molecule has 0 N–H and O–H groups in total. The van der Waals surface area contributed by atoms with Gasteiger partial charge in [0.05, 0.1) is 14.2 Å². The van der Waals surface area contributed by atoms with Crippen LogP contribution >= 0.6 is 7.44 Å². The maximum absolute atomic E-state index is 14.8. The van der Waals surface area contributed by atoms with Crippen molar-refractivity contribution in [2.45, 2.75) is 24.5 Å². The summed E-state index contributed by atoms with van der Waals surface area (Å²) in [4.78, 5) is 26.0. The van der Waals surface area contributed by atoms with Crippen LogP contribution in [0.1, 0.15) is 11.1 Å². The smallest absolute Gasteiger partial charge is 0.323 e. The molecule has 1 radical (unpaired) electrons. The number of ether oxygens (including phenoxy) is 2. The van der Waals surface area contributed by atoms with E-state index in [4.69, 9.17) is 9.47 Å². The predicted octanol–water partition coefficient (Wildman–Crippen LogP) is 4.03. The lowest BCUT2D eigenvalue weighted by Crippen LogP contribution is -2.47. The van der Waals surface area contributed by atoms with Gasteiger partial charge in [0.2, 0.25) is 7.44 Å². The van der Waals surface area contributed by atoms with Gasteiger partial charge in [0.15, 0.2) is 0 Å². The topological polar surface area (TPSA) is 87.0 Å². The van der Waals surface area contributed by atoms with Crippen molar-refractivity contribution in [1.82, 2.24) is 9.76 Å². The summed E-state index contributed by atoms with van der Waals surface area (Å²) in [5.41, 5.74) is 0.505. The zero-order valence-corrected chi connectivity index (χ0v) is 20.6. The van der Waals surface area contributed by atoms with Crippen molar-refractivity contribution >= 4 is 19.4 Å². The predicted molar refractivity (Wildman–Crippen MR) is 134 cm³/mol. The minimum atomic E-state index is -3.93. The number of hydrogen-bond acceptors (Lipinski definition) is 5. The summed E-state index contributed by atoms with van der Waals surface area (Å²) in [7, 11) is -1.40. The lowest BCUT2D eigenvalue weighted by molar-refractivity contribution is -0.145. The van der Waals surface area contributed by atoms with Crippen molar-refractivity contribution in [1.29, 1.82) is 0 Å². The minimum Gasteiger partial charge on any atom is -0.468 e. The van der Waals surface area contributed by atoms with E-state index in [0.29, 0.717) is 0 Å². The molecule has 0 saturated carbocycles. The van der Waals surface area contributed by atoms with Crippen LogP contribution in [0.5, 0.6) is 0 Å². The molecule has 0 aliphatic carbocycles. The van der Waals surface area contributed by atoms with Crippen LogP contribution in [0.25, 0.3) is 0 Å². The Balaban J connectivity index is 2.63. The Kier molecular flexibility index (Phi) is 10.9. The zero-order valence-electron chi connectivity index (χ0n) is 19.7. The first kappa shape index (κ1) is 27.3. The van der Waals surface area contributed by atoms with Crippen LogP contribution in [0.15, 0.2) is 86.0 Å². The molecule has 2 aromatic rings. The summed E-state index contributed by atoms with van der Waals surface area (Å²) in [6, 6.07) is 17.6. The molecule has 0 amide bonds. The summed E-state index contributed by atoms with van der Waals surface area (Å²) in [5, 5.41) is 4.44. The molecule has 0 spiro atoms. The number of nitrogens with zero attached hydrogens (tertiary/aromatic N) is 2. The van der Waals surface area contributed by atoms with Gasteiger partial charge in [0, 0.05) is 13.1 Å². The summed E-state index contributed by atoms with van der Waals surface area (Å²) in [6.45, 7) is 7.55. The summed E-state index contributed by atoms with van der Waals surface area (Å²) < 4.78 is 26.4. The summed E-state index contributed by atoms with van der Waals surface area (Å²) >= 11 is 0. The first-order chi connectivity index (χ1) is 16.4. The highest BCUT2D eigenvalue weighted by molar-refractivity contribution is 7.61. The van der Waals surface area contributed by atoms with Crippen LogP contribution in [0, 0.1) is 0 Å². The van der Waals surface area contributed by atoms with Gasteiger partial charge >= 0.3 is 11.9 Å². The molecule has 0 aromatic heterocycles. The van der Waals surface area contributed by atoms with Crippen molar-refractivity contribution < 1.29 is 23.6 Å². The van der Waals surface area contributed by atoms with Crippen LogP contribution in [0.2, 0.25) is 0 Å². The quantitative estimate of drug-likeness (QED) is 0.229. The van der Waals surface area contributed by atoms with Gasteiger partial charge in [-0.05, 0) is 24.0 Å². The lowest BCUT2D eigenvalue weighted by Gasteiger charge is -2.38. The fraction of sp³-hybridized carbons (Fsp3) is 0.308. The Bertz CT molecular complexity index is 997. The number of hydrogen-bond donors (Lipinski definition) is 0. The Labute approximate surface area is 201 Å². The SMILES string of the molecule is C=CC[N]P(=O)([C@@H](Cc1ccccc1)C(=O)OC)N(CC=C)[C@@H](Cc1ccccc1)C(=O)OC. The van der Waals surface area contributed by atoms with Crippen LogP contribution in [0.4, 0.5) is 0 Å². The largest absolute Gasteiger partial charge is 0.468 e. The van der Waals surface area contributed by atoms with Gasteiger partial charge in [-0.1, -0.05) is 72.8 Å². The molecule has 3 atom stereocenters. The molecule has 181 valence electrons. The minimum absolute atomic E-state index is 0.0342. The summed E-state index contributed by atoms with van der Waals surface area (Å²) in [5.74, 6) is -1.25. The molecule has 0 heterocycles. The number of benzene rings is 2. The fourth-order valence-corrected chi connectivity index (χ4v) is 6.53. The standard InChI is InChI=1S/C26H32N2O5P/c1-5-17-27-34(31,24(26(30)33-4)20-22-15-11-8-12-16-22)28(18-6-2)23(25(29)32-3)19-21-13-9-7-10-14-21/h5-16,23-24H,1-2,17-20H2,3-4H3/t23-,24-,34?/m0/s1. The van der Waals surface area contributed by atoms with Gasteiger partial charge in [0.25, 0.3) is 0 Å². The Morgan fingerprint density at radius 3 is 1.91 bits per heavy atom. The summed E-state index contributed by atoms with van der Waals surface area (Å²) in [6.07, 6.45) is 3.38. The van der Waals surface area contributed by atoms with E-state index >= 15 is 0 Å². The van der Waals surface area contributed by atoms with Crippen LogP contribution in [-0.2, 0) is 36.5 Å². The monoisotopic (exact) mass is 483 g/mol. The van der Waals surface area contributed by atoms with E-state index in [9.17, 15) is 14.2 Å². The van der Waals surface area contributed by atoms with Crippen LogP contribution in [0.3, 0.4) is 0 Å². The molecule has 2 rings (SSSR count).